The fourth-order valence-corrected chi connectivity index (χ4v) is 5.11. The van der Waals surface area contributed by atoms with Crippen LogP contribution in [0, 0.1) is 29.8 Å². The van der Waals surface area contributed by atoms with Crippen LogP contribution in [0.1, 0.15) is 42.9 Å². The van der Waals surface area contributed by atoms with Gasteiger partial charge in [0.05, 0.1) is 18.7 Å². The third-order valence-electron chi connectivity index (χ3n) is 7.47. The summed E-state index contributed by atoms with van der Waals surface area (Å²) in [7, 11) is 1.60. The fraction of sp³-hybridized carbons (Fsp3) is 0.464. The number of hydrogen-bond acceptors (Lipinski definition) is 6. The van der Waals surface area contributed by atoms with E-state index in [-0.39, 0.29) is 18.6 Å². The minimum absolute atomic E-state index is 0.0156. The van der Waals surface area contributed by atoms with Crippen LogP contribution in [-0.4, -0.2) is 60.1 Å². The second-order valence-electron chi connectivity index (χ2n) is 9.84. The highest BCUT2D eigenvalue weighted by Crippen LogP contribution is 2.39. The zero-order valence-corrected chi connectivity index (χ0v) is 21.1. The van der Waals surface area contributed by atoms with E-state index in [4.69, 9.17) is 9.47 Å². The largest absolute Gasteiger partial charge is 0.497 e. The van der Waals surface area contributed by atoms with Crippen LogP contribution < -0.4 is 9.47 Å². The van der Waals surface area contributed by atoms with Gasteiger partial charge < -0.3 is 19.7 Å². The van der Waals surface area contributed by atoms with Gasteiger partial charge in [0.25, 0.3) is 0 Å². The Labute approximate surface area is 214 Å². The Kier molecular flexibility index (Phi) is 8.56. The molecule has 0 bridgehead atoms. The predicted molar refractivity (Wildman–Crippen MR) is 134 cm³/mol. The molecule has 1 fully saturated rings. The molecule has 1 saturated heterocycles. The number of pyridine rings is 1. The van der Waals surface area contributed by atoms with Crippen molar-refractivity contribution in [1.29, 1.82) is 0 Å². The van der Waals surface area contributed by atoms with Gasteiger partial charge in [-0.05, 0) is 80.4 Å². The van der Waals surface area contributed by atoms with Gasteiger partial charge in [0.15, 0.2) is 11.6 Å². The topological polar surface area (TPSA) is 75.0 Å². The number of ether oxygens (including phenoxy) is 2. The summed E-state index contributed by atoms with van der Waals surface area (Å²) in [6.07, 6.45) is 3.64. The molecule has 2 aromatic carbocycles. The number of piperidine rings is 1. The number of aliphatic hydroxyl groups excluding tert-OH is 2. The molecule has 2 N–H and O–H groups in total. The highest BCUT2D eigenvalue weighted by Gasteiger charge is 2.34. The van der Waals surface area contributed by atoms with Crippen LogP contribution in [0.3, 0.4) is 0 Å². The van der Waals surface area contributed by atoms with Crippen molar-refractivity contribution in [3.05, 3.63) is 65.1 Å². The molecule has 200 valence electrons. The summed E-state index contributed by atoms with van der Waals surface area (Å²) < 4.78 is 51.1. The second-order valence-corrected chi connectivity index (χ2v) is 9.84. The van der Waals surface area contributed by atoms with Gasteiger partial charge in [0.1, 0.15) is 18.2 Å². The summed E-state index contributed by atoms with van der Waals surface area (Å²) in [5.41, 5.74) is 2.20. The molecule has 0 amide bonds. The van der Waals surface area contributed by atoms with E-state index >= 15 is 0 Å². The number of fused-ring (bicyclic) bond motifs is 1. The number of methoxy groups -OCH3 is 1. The average molecular weight is 519 g/mol. The second kappa shape index (κ2) is 11.7. The molecule has 1 aromatic heterocycles. The van der Waals surface area contributed by atoms with Gasteiger partial charge in [-0.25, -0.2) is 8.78 Å². The normalized spacial score (nSPS) is 16.6. The Hall–Kier alpha value is -2.88. The molecule has 0 spiro atoms. The van der Waals surface area contributed by atoms with Crippen LogP contribution in [0.25, 0.3) is 10.9 Å². The lowest BCUT2D eigenvalue weighted by atomic mass is 9.74. The standard InChI is InChI=1S/C28H33F3N2O4/c1-18-16-32-23-4-3-20(36-2)15-21(23)26(18)24(35)5-6-28(17-34)7-9-33(10-8-28)11-12-37-25-14-19(29)13-22(30)27(25)31/h3-4,13-16,24,34-35H,5-12,17H2,1-2H3/t24-/m0/s1. The van der Waals surface area contributed by atoms with Crippen molar-refractivity contribution >= 4 is 10.9 Å². The maximum Gasteiger partial charge on any atom is 0.200 e. The van der Waals surface area contributed by atoms with Crippen LogP contribution in [0.15, 0.2) is 36.5 Å². The smallest absolute Gasteiger partial charge is 0.200 e. The molecule has 3 aromatic rings. The van der Waals surface area contributed by atoms with Crippen LogP contribution in [0.4, 0.5) is 13.2 Å². The molecular formula is C28H33F3N2O4. The summed E-state index contributed by atoms with van der Waals surface area (Å²) in [6.45, 7) is 3.87. The van der Waals surface area contributed by atoms with E-state index in [9.17, 15) is 23.4 Å². The SMILES string of the molecule is COc1ccc2ncc(C)c([C@@H](O)CCC3(CO)CCN(CCOc4cc(F)cc(F)c4F)CC3)c2c1. The van der Waals surface area contributed by atoms with Crippen LogP contribution >= 0.6 is 0 Å². The molecule has 2 heterocycles. The molecule has 0 unspecified atom stereocenters. The van der Waals surface area contributed by atoms with Gasteiger partial charge >= 0.3 is 0 Å². The molecule has 6 nitrogen and oxygen atoms in total. The van der Waals surface area contributed by atoms with Gasteiger partial charge in [0, 0.05) is 36.9 Å². The van der Waals surface area contributed by atoms with E-state index in [1.54, 1.807) is 13.3 Å². The number of hydrogen-bond donors (Lipinski definition) is 2. The van der Waals surface area contributed by atoms with Gasteiger partial charge in [-0.2, -0.15) is 4.39 Å². The fourth-order valence-electron chi connectivity index (χ4n) is 5.11. The van der Waals surface area contributed by atoms with Crippen LogP contribution in [0.2, 0.25) is 0 Å². The molecule has 0 radical (unpaired) electrons. The molecule has 1 aliphatic rings. The number of aliphatic hydroxyl groups is 2. The van der Waals surface area contributed by atoms with E-state index in [2.05, 4.69) is 9.88 Å². The summed E-state index contributed by atoms with van der Waals surface area (Å²) in [6, 6.07) is 6.92. The lowest BCUT2D eigenvalue weighted by molar-refractivity contribution is 0.0203. The van der Waals surface area contributed by atoms with E-state index < -0.39 is 29.3 Å². The van der Waals surface area contributed by atoms with Crippen molar-refractivity contribution < 1.29 is 32.9 Å². The first kappa shape index (κ1) is 27.2. The summed E-state index contributed by atoms with van der Waals surface area (Å²) in [5.74, 6) is -3.12. The molecule has 37 heavy (non-hydrogen) atoms. The summed E-state index contributed by atoms with van der Waals surface area (Å²) >= 11 is 0. The van der Waals surface area contributed by atoms with Crippen LogP contribution in [-0.2, 0) is 0 Å². The average Bonchev–Trinajstić information content (AvgIpc) is 2.90. The number of aryl methyl sites for hydroxylation is 1. The number of likely N-dealkylation sites (tertiary alicyclic amines) is 1. The zero-order valence-electron chi connectivity index (χ0n) is 21.1. The number of halogens is 3. The van der Waals surface area contributed by atoms with Gasteiger partial charge in [-0.1, -0.05) is 0 Å². The monoisotopic (exact) mass is 518 g/mol. The first-order valence-electron chi connectivity index (χ1n) is 12.5. The third-order valence-corrected chi connectivity index (χ3v) is 7.47. The first-order chi connectivity index (χ1) is 17.7. The van der Waals surface area contributed by atoms with Gasteiger partial charge in [0.2, 0.25) is 5.82 Å². The maximum atomic E-state index is 13.8. The molecule has 1 atom stereocenters. The molecule has 4 rings (SSSR count). The van der Waals surface area contributed by atoms with Crippen molar-refractivity contribution in [3.63, 3.8) is 0 Å². The van der Waals surface area contributed by atoms with Crippen molar-refractivity contribution in [2.24, 2.45) is 5.41 Å². The van der Waals surface area contributed by atoms with Crippen molar-refractivity contribution in [2.75, 3.05) is 40.0 Å². The molecular weight excluding hydrogens is 485 g/mol. The predicted octanol–water partition coefficient (Wildman–Crippen LogP) is 4.94. The van der Waals surface area contributed by atoms with E-state index in [1.807, 2.05) is 25.1 Å². The van der Waals surface area contributed by atoms with E-state index in [1.165, 1.54) is 0 Å². The highest BCUT2D eigenvalue weighted by atomic mass is 19.2. The van der Waals surface area contributed by atoms with Gasteiger partial charge in [-0.15, -0.1) is 0 Å². The number of rotatable bonds is 10. The number of benzene rings is 2. The maximum absolute atomic E-state index is 13.8. The molecule has 0 aliphatic carbocycles. The van der Waals surface area contributed by atoms with E-state index in [0.29, 0.717) is 44.3 Å². The zero-order chi connectivity index (χ0) is 26.6. The van der Waals surface area contributed by atoms with Crippen LogP contribution in [0.5, 0.6) is 11.5 Å². The highest BCUT2D eigenvalue weighted by molar-refractivity contribution is 5.84. The summed E-state index contributed by atoms with van der Waals surface area (Å²) in [5, 5.41) is 22.3. The lowest BCUT2D eigenvalue weighted by Crippen LogP contribution is -2.43. The number of aromatic nitrogens is 1. The summed E-state index contributed by atoms with van der Waals surface area (Å²) in [4.78, 5) is 6.58. The molecule has 9 heteroatoms. The number of nitrogens with zero attached hydrogens (tertiary/aromatic N) is 2. The third kappa shape index (κ3) is 6.17. The Morgan fingerprint density at radius 1 is 1.14 bits per heavy atom. The van der Waals surface area contributed by atoms with E-state index in [0.717, 1.165) is 40.9 Å². The van der Waals surface area contributed by atoms with Crippen molar-refractivity contribution in [1.82, 2.24) is 9.88 Å². The minimum atomic E-state index is -1.28. The quantitative estimate of drug-likeness (QED) is 0.371. The Bertz CT molecular complexity index is 1230. The molecule has 0 saturated carbocycles. The Morgan fingerprint density at radius 2 is 1.89 bits per heavy atom. The minimum Gasteiger partial charge on any atom is -0.497 e. The van der Waals surface area contributed by atoms with Gasteiger partial charge in [-0.3, -0.25) is 9.88 Å². The van der Waals surface area contributed by atoms with Crippen molar-refractivity contribution in [3.8, 4) is 11.5 Å². The van der Waals surface area contributed by atoms with Crippen molar-refractivity contribution in [2.45, 2.75) is 38.7 Å². The Balaban J connectivity index is 1.33. The molecule has 1 aliphatic heterocycles. The first-order valence-corrected chi connectivity index (χ1v) is 12.5. The lowest BCUT2D eigenvalue weighted by Gasteiger charge is -2.41. The Morgan fingerprint density at radius 3 is 2.59 bits per heavy atom.